The van der Waals surface area contributed by atoms with E-state index >= 15 is 0 Å². The van der Waals surface area contributed by atoms with Crippen LogP contribution in [0.2, 0.25) is 0 Å². The number of piperidine rings is 1. The van der Waals surface area contributed by atoms with E-state index in [1.54, 1.807) is 0 Å². The molecule has 1 aliphatic heterocycles. The molecule has 1 unspecified atom stereocenters. The Morgan fingerprint density at radius 3 is 2.50 bits per heavy atom. The van der Waals surface area contributed by atoms with E-state index in [0.29, 0.717) is 18.0 Å². The van der Waals surface area contributed by atoms with Crippen LogP contribution in [0, 0.1) is 5.92 Å². The molecular formula is C17H32N2O. The van der Waals surface area contributed by atoms with Gasteiger partial charge >= 0.3 is 0 Å². The predicted octanol–water partition coefficient (Wildman–Crippen LogP) is 3.34. The molecule has 0 aromatic carbocycles. The summed E-state index contributed by atoms with van der Waals surface area (Å²) in [6.45, 7) is 3.42. The van der Waals surface area contributed by atoms with Gasteiger partial charge in [0.1, 0.15) is 0 Å². The van der Waals surface area contributed by atoms with Gasteiger partial charge in [0.25, 0.3) is 0 Å². The first-order valence-corrected chi connectivity index (χ1v) is 8.69. The normalized spacial score (nSPS) is 31.0. The van der Waals surface area contributed by atoms with Crippen LogP contribution < -0.4 is 5.32 Å². The summed E-state index contributed by atoms with van der Waals surface area (Å²) >= 11 is 0. The quantitative estimate of drug-likeness (QED) is 0.837. The van der Waals surface area contributed by atoms with E-state index < -0.39 is 0 Å². The molecule has 1 aliphatic carbocycles. The molecule has 2 aliphatic rings. The number of carbonyl (C=O) groups is 1. The average molecular weight is 280 g/mol. The third-order valence-corrected chi connectivity index (χ3v) is 5.45. The summed E-state index contributed by atoms with van der Waals surface area (Å²) in [5.74, 6) is 1.26. The van der Waals surface area contributed by atoms with Gasteiger partial charge in [0.15, 0.2) is 0 Å². The maximum absolute atomic E-state index is 12.3. The molecule has 0 aromatic rings. The first kappa shape index (κ1) is 15.8. The maximum atomic E-state index is 12.3. The van der Waals surface area contributed by atoms with Crippen molar-refractivity contribution in [2.75, 3.05) is 13.6 Å². The number of nitrogens with one attached hydrogen (secondary N) is 1. The standard InChI is InChI=1S/C17H32N2O/c1-3-14-7-10-16(11-8-14)19(2)17(20)12-9-15-6-4-5-13-18-15/h14-16,18H,3-13H2,1-2H3. The van der Waals surface area contributed by atoms with E-state index in [2.05, 4.69) is 17.1 Å². The van der Waals surface area contributed by atoms with Crippen LogP contribution in [0.1, 0.15) is 71.1 Å². The number of carbonyl (C=O) groups excluding carboxylic acids is 1. The second-order valence-corrected chi connectivity index (χ2v) is 6.77. The zero-order valence-corrected chi connectivity index (χ0v) is 13.4. The van der Waals surface area contributed by atoms with Crippen molar-refractivity contribution in [2.24, 2.45) is 5.92 Å². The van der Waals surface area contributed by atoms with Crippen molar-refractivity contribution in [2.45, 2.75) is 83.2 Å². The van der Waals surface area contributed by atoms with E-state index in [9.17, 15) is 4.79 Å². The lowest BCUT2D eigenvalue weighted by atomic mass is 9.84. The van der Waals surface area contributed by atoms with Crippen molar-refractivity contribution < 1.29 is 4.79 Å². The van der Waals surface area contributed by atoms with Crippen molar-refractivity contribution in [3.05, 3.63) is 0 Å². The Bertz CT molecular complexity index is 291. The van der Waals surface area contributed by atoms with Gasteiger partial charge in [-0.15, -0.1) is 0 Å². The number of hydrogen-bond donors (Lipinski definition) is 1. The van der Waals surface area contributed by atoms with Gasteiger partial charge in [-0.3, -0.25) is 4.79 Å². The number of amides is 1. The fourth-order valence-corrected chi connectivity index (χ4v) is 3.79. The Balaban J connectivity index is 1.69. The van der Waals surface area contributed by atoms with Crippen LogP contribution in [0.15, 0.2) is 0 Å². The first-order valence-electron chi connectivity index (χ1n) is 8.69. The molecule has 1 N–H and O–H groups in total. The molecular weight excluding hydrogens is 248 g/mol. The lowest BCUT2D eigenvalue weighted by molar-refractivity contribution is -0.133. The van der Waals surface area contributed by atoms with Crippen LogP contribution >= 0.6 is 0 Å². The van der Waals surface area contributed by atoms with Crippen LogP contribution in [-0.4, -0.2) is 36.5 Å². The molecule has 3 heteroatoms. The zero-order valence-electron chi connectivity index (χ0n) is 13.4. The lowest BCUT2D eigenvalue weighted by Gasteiger charge is -2.35. The van der Waals surface area contributed by atoms with Gasteiger partial charge in [0.2, 0.25) is 5.91 Å². The molecule has 20 heavy (non-hydrogen) atoms. The molecule has 2 fully saturated rings. The van der Waals surface area contributed by atoms with Crippen molar-refractivity contribution in [1.29, 1.82) is 0 Å². The third kappa shape index (κ3) is 4.47. The highest BCUT2D eigenvalue weighted by Gasteiger charge is 2.26. The van der Waals surface area contributed by atoms with Crippen LogP contribution in [-0.2, 0) is 4.79 Å². The van der Waals surface area contributed by atoms with Crippen molar-refractivity contribution in [3.63, 3.8) is 0 Å². The highest BCUT2D eigenvalue weighted by Crippen LogP contribution is 2.29. The molecule has 1 amide bonds. The molecule has 0 radical (unpaired) electrons. The average Bonchev–Trinajstić information content (AvgIpc) is 2.53. The number of rotatable bonds is 5. The minimum absolute atomic E-state index is 0.359. The Morgan fingerprint density at radius 1 is 1.15 bits per heavy atom. The van der Waals surface area contributed by atoms with Crippen LogP contribution in [0.25, 0.3) is 0 Å². The van der Waals surface area contributed by atoms with Crippen molar-refractivity contribution in [3.8, 4) is 0 Å². The van der Waals surface area contributed by atoms with Gasteiger partial charge in [0.05, 0.1) is 0 Å². The molecule has 3 nitrogen and oxygen atoms in total. The fourth-order valence-electron chi connectivity index (χ4n) is 3.79. The maximum Gasteiger partial charge on any atom is 0.222 e. The summed E-state index contributed by atoms with van der Waals surface area (Å²) in [6, 6.07) is 1.08. The largest absolute Gasteiger partial charge is 0.343 e. The molecule has 2 rings (SSSR count). The summed E-state index contributed by atoms with van der Waals surface area (Å²) in [7, 11) is 2.02. The molecule has 0 aromatic heterocycles. The molecule has 116 valence electrons. The Morgan fingerprint density at radius 2 is 1.90 bits per heavy atom. The smallest absolute Gasteiger partial charge is 0.222 e. The van der Waals surface area contributed by atoms with Crippen LogP contribution in [0.4, 0.5) is 0 Å². The summed E-state index contributed by atoms with van der Waals surface area (Å²) in [4.78, 5) is 14.4. The van der Waals surface area contributed by atoms with Gasteiger partial charge in [-0.05, 0) is 57.4 Å². The SMILES string of the molecule is CCC1CCC(N(C)C(=O)CCC2CCCCN2)CC1. The number of nitrogens with zero attached hydrogens (tertiary/aromatic N) is 1. The highest BCUT2D eigenvalue weighted by atomic mass is 16.2. The number of hydrogen-bond acceptors (Lipinski definition) is 2. The van der Waals surface area contributed by atoms with Crippen molar-refractivity contribution in [1.82, 2.24) is 10.2 Å². The summed E-state index contributed by atoms with van der Waals surface area (Å²) in [5.41, 5.74) is 0. The molecule has 0 spiro atoms. The van der Waals surface area contributed by atoms with Crippen LogP contribution in [0.5, 0.6) is 0 Å². The summed E-state index contributed by atoms with van der Waals surface area (Å²) in [5, 5.41) is 3.54. The molecule has 1 atom stereocenters. The topological polar surface area (TPSA) is 32.3 Å². The van der Waals surface area contributed by atoms with Gasteiger partial charge < -0.3 is 10.2 Å². The molecule has 1 saturated carbocycles. The van der Waals surface area contributed by atoms with E-state index in [0.717, 1.165) is 25.3 Å². The Labute approximate surface area is 124 Å². The highest BCUT2D eigenvalue weighted by molar-refractivity contribution is 5.76. The van der Waals surface area contributed by atoms with Gasteiger partial charge in [-0.2, -0.15) is 0 Å². The first-order chi connectivity index (χ1) is 9.70. The second kappa shape index (κ2) is 8.02. The van der Waals surface area contributed by atoms with E-state index in [4.69, 9.17) is 0 Å². The third-order valence-electron chi connectivity index (χ3n) is 5.45. The Kier molecular flexibility index (Phi) is 6.34. The fraction of sp³-hybridized carbons (Fsp3) is 0.941. The monoisotopic (exact) mass is 280 g/mol. The van der Waals surface area contributed by atoms with Gasteiger partial charge in [0, 0.05) is 25.6 Å². The Hall–Kier alpha value is -0.570. The van der Waals surface area contributed by atoms with Crippen LogP contribution in [0.3, 0.4) is 0 Å². The molecule has 0 bridgehead atoms. The molecule has 1 saturated heterocycles. The summed E-state index contributed by atoms with van der Waals surface area (Å²) in [6.07, 6.45) is 12.0. The van der Waals surface area contributed by atoms with E-state index in [1.165, 1.54) is 51.4 Å². The lowest BCUT2D eigenvalue weighted by Crippen LogP contribution is -2.40. The minimum atomic E-state index is 0.359. The van der Waals surface area contributed by atoms with Gasteiger partial charge in [-0.25, -0.2) is 0 Å². The predicted molar refractivity (Wildman–Crippen MR) is 83.7 cm³/mol. The second-order valence-electron chi connectivity index (χ2n) is 6.77. The zero-order chi connectivity index (χ0) is 14.4. The van der Waals surface area contributed by atoms with E-state index in [1.807, 2.05) is 7.05 Å². The van der Waals surface area contributed by atoms with Crippen molar-refractivity contribution >= 4 is 5.91 Å². The summed E-state index contributed by atoms with van der Waals surface area (Å²) < 4.78 is 0. The molecule has 1 heterocycles. The van der Waals surface area contributed by atoms with Gasteiger partial charge in [-0.1, -0.05) is 19.8 Å². The van der Waals surface area contributed by atoms with E-state index in [-0.39, 0.29) is 0 Å². The minimum Gasteiger partial charge on any atom is -0.343 e.